The maximum atomic E-state index is 12.5. The van der Waals surface area contributed by atoms with Crippen molar-refractivity contribution in [3.05, 3.63) is 28.2 Å². The predicted octanol–water partition coefficient (Wildman–Crippen LogP) is 3.90. The molecule has 0 aliphatic rings. The van der Waals surface area contributed by atoms with E-state index in [9.17, 15) is 13.2 Å². The summed E-state index contributed by atoms with van der Waals surface area (Å²) in [5.74, 6) is 2.40. The summed E-state index contributed by atoms with van der Waals surface area (Å²) in [5, 5.41) is 2.82. The third-order valence-electron chi connectivity index (χ3n) is 1.87. The van der Waals surface area contributed by atoms with Crippen LogP contribution in [-0.4, -0.2) is 6.54 Å². The number of anilines is 1. The Morgan fingerprint density at radius 1 is 1.38 bits per heavy atom. The molecule has 0 fully saturated rings. The van der Waals surface area contributed by atoms with Gasteiger partial charge in [-0.25, -0.2) is 0 Å². The van der Waals surface area contributed by atoms with E-state index in [1.807, 2.05) is 0 Å². The molecule has 5 heteroatoms. The molecule has 0 aliphatic heterocycles. The molecular weight excluding hydrogens is 283 g/mol. The van der Waals surface area contributed by atoms with Gasteiger partial charge in [-0.15, -0.1) is 12.3 Å². The highest BCUT2D eigenvalue weighted by molar-refractivity contribution is 9.10. The number of rotatable bonds is 3. The normalized spacial score (nSPS) is 10.9. The number of nitrogens with one attached hydrogen (secondary N) is 1. The molecule has 0 aromatic heterocycles. The Kier molecular flexibility index (Phi) is 4.25. The molecule has 0 bridgehead atoms. The summed E-state index contributed by atoms with van der Waals surface area (Å²) in [6, 6.07) is 3.98. The van der Waals surface area contributed by atoms with Crippen molar-refractivity contribution in [1.29, 1.82) is 0 Å². The number of terminal acetylenes is 1. The van der Waals surface area contributed by atoms with Crippen molar-refractivity contribution >= 4 is 21.6 Å². The summed E-state index contributed by atoms with van der Waals surface area (Å²) in [4.78, 5) is 0. The SMILES string of the molecule is C#CCCNc1ccc(Br)c(C(F)(F)F)c1. The fourth-order valence-electron chi connectivity index (χ4n) is 1.13. The summed E-state index contributed by atoms with van der Waals surface area (Å²) < 4.78 is 37.6. The molecule has 1 N–H and O–H groups in total. The van der Waals surface area contributed by atoms with E-state index in [1.54, 1.807) is 6.07 Å². The van der Waals surface area contributed by atoms with Gasteiger partial charge in [-0.1, -0.05) is 15.9 Å². The van der Waals surface area contributed by atoms with Crippen LogP contribution in [0, 0.1) is 12.3 Å². The molecule has 1 rings (SSSR count). The lowest BCUT2D eigenvalue weighted by molar-refractivity contribution is -0.138. The van der Waals surface area contributed by atoms with Crippen LogP contribution in [0.4, 0.5) is 18.9 Å². The first kappa shape index (κ1) is 12.9. The van der Waals surface area contributed by atoms with Gasteiger partial charge in [-0.05, 0) is 18.2 Å². The quantitative estimate of drug-likeness (QED) is 0.658. The summed E-state index contributed by atoms with van der Waals surface area (Å²) >= 11 is 2.87. The lowest BCUT2D eigenvalue weighted by Gasteiger charge is -2.11. The van der Waals surface area contributed by atoms with Gasteiger partial charge in [0.15, 0.2) is 0 Å². The maximum Gasteiger partial charge on any atom is 0.417 e. The van der Waals surface area contributed by atoms with Crippen LogP contribution in [0.3, 0.4) is 0 Å². The molecule has 1 aromatic rings. The van der Waals surface area contributed by atoms with E-state index in [-0.39, 0.29) is 4.47 Å². The number of hydrogen-bond acceptors (Lipinski definition) is 1. The van der Waals surface area contributed by atoms with Gasteiger partial charge in [0.25, 0.3) is 0 Å². The van der Waals surface area contributed by atoms with Crippen molar-refractivity contribution in [2.75, 3.05) is 11.9 Å². The summed E-state index contributed by atoms with van der Waals surface area (Å²) in [7, 11) is 0. The molecule has 1 aromatic carbocycles. The Morgan fingerprint density at radius 3 is 2.62 bits per heavy atom. The molecule has 86 valence electrons. The van der Waals surface area contributed by atoms with Crippen LogP contribution in [0.1, 0.15) is 12.0 Å². The average Bonchev–Trinajstić information content (AvgIpc) is 2.19. The number of alkyl halides is 3. The van der Waals surface area contributed by atoms with E-state index >= 15 is 0 Å². The number of benzene rings is 1. The second-order valence-corrected chi connectivity index (χ2v) is 3.93. The van der Waals surface area contributed by atoms with Crippen LogP contribution in [0.15, 0.2) is 22.7 Å². The fraction of sp³-hybridized carbons (Fsp3) is 0.273. The van der Waals surface area contributed by atoms with Crippen molar-refractivity contribution in [2.24, 2.45) is 0 Å². The Bertz CT molecular complexity index is 407. The van der Waals surface area contributed by atoms with Crippen LogP contribution in [-0.2, 0) is 6.18 Å². The Morgan fingerprint density at radius 2 is 2.06 bits per heavy atom. The highest BCUT2D eigenvalue weighted by atomic mass is 79.9. The molecule has 0 amide bonds. The Balaban J connectivity index is 2.87. The monoisotopic (exact) mass is 291 g/mol. The third kappa shape index (κ3) is 3.46. The van der Waals surface area contributed by atoms with Crippen molar-refractivity contribution in [2.45, 2.75) is 12.6 Å². The summed E-state index contributed by atoms with van der Waals surface area (Å²) in [6.07, 6.45) is 1.15. The van der Waals surface area contributed by atoms with E-state index in [0.717, 1.165) is 6.07 Å². The zero-order chi connectivity index (χ0) is 12.2. The largest absolute Gasteiger partial charge is 0.417 e. The van der Waals surface area contributed by atoms with Crippen LogP contribution < -0.4 is 5.32 Å². The minimum atomic E-state index is -4.36. The molecule has 0 heterocycles. The van der Waals surface area contributed by atoms with Gasteiger partial charge in [-0.2, -0.15) is 13.2 Å². The first-order valence-corrected chi connectivity index (χ1v) is 5.28. The summed E-state index contributed by atoms with van der Waals surface area (Å²) in [6.45, 7) is 0.454. The van der Waals surface area contributed by atoms with Crippen molar-refractivity contribution in [3.8, 4) is 12.3 Å². The van der Waals surface area contributed by atoms with E-state index in [2.05, 4.69) is 27.2 Å². The molecule has 0 radical (unpaired) electrons. The van der Waals surface area contributed by atoms with Gasteiger partial charge in [0.1, 0.15) is 0 Å². The zero-order valence-electron chi connectivity index (χ0n) is 8.24. The minimum absolute atomic E-state index is 0.0301. The molecule has 0 unspecified atom stereocenters. The average molecular weight is 292 g/mol. The Hall–Kier alpha value is -1.15. The fourth-order valence-corrected chi connectivity index (χ4v) is 1.60. The number of halogens is 4. The van der Waals surface area contributed by atoms with E-state index in [0.29, 0.717) is 18.7 Å². The molecule has 1 nitrogen and oxygen atoms in total. The molecule has 16 heavy (non-hydrogen) atoms. The topological polar surface area (TPSA) is 12.0 Å². The molecule has 0 saturated carbocycles. The maximum absolute atomic E-state index is 12.5. The van der Waals surface area contributed by atoms with Crippen LogP contribution in [0.5, 0.6) is 0 Å². The van der Waals surface area contributed by atoms with Crippen molar-refractivity contribution in [1.82, 2.24) is 0 Å². The first-order valence-electron chi connectivity index (χ1n) is 4.49. The standard InChI is InChI=1S/C11H9BrF3N/c1-2-3-6-16-8-4-5-10(12)9(7-8)11(13,14)15/h1,4-5,7,16H,3,6H2. The van der Waals surface area contributed by atoms with Gasteiger partial charge < -0.3 is 5.32 Å². The van der Waals surface area contributed by atoms with Crippen molar-refractivity contribution < 1.29 is 13.2 Å². The van der Waals surface area contributed by atoms with Crippen molar-refractivity contribution in [3.63, 3.8) is 0 Å². The number of hydrogen-bond donors (Lipinski definition) is 1. The lowest BCUT2D eigenvalue weighted by Crippen LogP contribution is -2.08. The van der Waals surface area contributed by atoms with Gasteiger partial charge in [-0.3, -0.25) is 0 Å². The lowest BCUT2D eigenvalue weighted by atomic mass is 10.2. The van der Waals surface area contributed by atoms with E-state index in [1.165, 1.54) is 6.07 Å². The predicted molar refractivity (Wildman–Crippen MR) is 61.1 cm³/mol. The minimum Gasteiger partial charge on any atom is -0.384 e. The van der Waals surface area contributed by atoms with Crippen LogP contribution >= 0.6 is 15.9 Å². The van der Waals surface area contributed by atoms with Crippen LogP contribution in [0.2, 0.25) is 0 Å². The molecule has 0 saturated heterocycles. The molecular formula is C11H9BrF3N. The first-order chi connectivity index (χ1) is 7.45. The van der Waals surface area contributed by atoms with E-state index < -0.39 is 11.7 Å². The second-order valence-electron chi connectivity index (χ2n) is 3.07. The molecule has 0 spiro atoms. The second kappa shape index (κ2) is 5.26. The third-order valence-corrected chi connectivity index (χ3v) is 2.56. The molecule has 0 atom stereocenters. The van der Waals surface area contributed by atoms with E-state index in [4.69, 9.17) is 6.42 Å². The van der Waals surface area contributed by atoms with Gasteiger partial charge >= 0.3 is 6.18 Å². The highest BCUT2D eigenvalue weighted by Crippen LogP contribution is 2.36. The smallest absolute Gasteiger partial charge is 0.384 e. The Labute approximate surface area is 100 Å². The van der Waals surface area contributed by atoms with Gasteiger partial charge in [0.05, 0.1) is 5.56 Å². The van der Waals surface area contributed by atoms with Gasteiger partial charge in [0, 0.05) is 23.1 Å². The highest BCUT2D eigenvalue weighted by Gasteiger charge is 2.33. The molecule has 0 aliphatic carbocycles. The zero-order valence-corrected chi connectivity index (χ0v) is 9.82. The van der Waals surface area contributed by atoms with Crippen LogP contribution in [0.25, 0.3) is 0 Å². The van der Waals surface area contributed by atoms with Gasteiger partial charge in [0.2, 0.25) is 0 Å². The summed E-state index contributed by atoms with van der Waals surface area (Å²) in [5.41, 5.74) is -0.288.